The first-order valence-corrected chi connectivity index (χ1v) is 8.58. The third-order valence-corrected chi connectivity index (χ3v) is 6.07. The summed E-state index contributed by atoms with van der Waals surface area (Å²) in [7, 11) is 0. The molecule has 3 fully saturated rings. The first-order valence-electron chi connectivity index (χ1n) is 8.58. The largest absolute Gasteiger partial charge is 0.329 e. The Morgan fingerprint density at radius 2 is 1.74 bits per heavy atom. The van der Waals surface area contributed by atoms with E-state index in [1.807, 2.05) is 0 Å². The molecule has 1 saturated heterocycles. The topological polar surface area (TPSA) is 29.3 Å². The summed E-state index contributed by atoms with van der Waals surface area (Å²) in [6.45, 7) is 8.32. The second kappa shape index (κ2) is 5.37. The van der Waals surface area contributed by atoms with E-state index in [9.17, 15) is 0 Å². The average Bonchev–Trinajstić information content (AvgIpc) is 3.22. The molecule has 1 aliphatic heterocycles. The van der Waals surface area contributed by atoms with Gasteiger partial charge in [-0.1, -0.05) is 26.7 Å². The van der Waals surface area contributed by atoms with Crippen molar-refractivity contribution in [2.45, 2.75) is 64.3 Å². The summed E-state index contributed by atoms with van der Waals surface area (Å²) in [5.41, 5.74) is 6.66. The van der Waals surface area contributed by atoms with Crippen molar-refractivity contribution in [2.24, 2.45) is 29.4 Å². The lowest BCUT2D eigenvalue weighted by Gasteiger charge is -2.52. The van der Waals surface area contributed by atoms with Gasteiger partial charge in [-0.2, -0.15) is 0 Å². The van der Waals surface area contributed by atoms with E-state index in [1.165, 1.54) is 58.0 Å². The maximum Gasteiger partial charge on any atom is 0.0334 e. The fourth-order valence-corrected chi connectivity index (χ4v) is 5.01. The van der Waals surface area contributed by atoms with Gasteiger partial charge in [0, 0.05) is 25.2 Å². The fourth-order valence-electron chi connectivity index (χ4n) is 5.01. The van der Waals surface area contributed by atoms with Crippen LogP contribution in [0.5, 0.6) is 0 Å². The highest BCUT2D eigenvalue weighted by Crippen LogP contribution is 2.48. The summed E-state index contributed by atoms with van der Waals surface area (Å²) in [4.78, 5) is 2.81. The van der Waals surface area contributed by atoms with E-state index in [2.05, 4.69) is 18.7 Å². The van der Waals surface area contributed by atoms with Crippen LogP contribution >= 0.6 is 0 Å². The summed E-state index contributed by atoms with van der Waals surface area (Å²) in [5, 5.41) is 0. The molecule has 0 aromatic carbocycles. The van der Waals surface area contributed by atoms with Gasteiger partial charge in [-0.15, -0.1) is 0 Å². The number of hydrogen-bond acceptors (Lipinski definition) is 2. The molecule has 0 aromatic rings. The quantitative estimate of drug-likeness (QED) is 0.848. The molecule has 2 saturated carbocycles. The zero-order valence-corrected chi connectivity index (χ0v) is 12.9. The number of hydrogen-bond donors (Lipinski definition) is 1. The zero-order valence-electron chi connectivity index (χ0n) is 12.9. The monoisotopic (exact) mass is 264 g/mol. The Morgan fingerprint density at radius 1 is 1.05 bits per heavy atom. The van der Waals surface area contributed by atoms with Crippen molar-refractivity contribution in [3.05, 3.63) is 0 Å². The maximum absolute atomic E-state index is 6.30. The van der Waals surface area contributed by atoms with E-state index in [1.54, 1.807) is 0 Å². The van der Waals surface area contributed by atoms with Gasteiger partial charge in [0.25, 0.3) is 0 Å². The predicted octanol–water partition coefficient (Wildman–Crippen LogP) is 3.26. The highest BCUT2D eigenvalue weighted by molar-refractivity contribution is 5.01. The Labute approximate surface area is 119 Å². The van der Waals surface area contributed by atoms with Gasteiger partial charge in [0.15, 0.2) is 0 Å². The first kappa shape index (κ1) is 13.9. The van der Waals surface area contributed by atoms with Crippen molar-refractivity contribution >= 4 is 0 Å². The van der Waals surface area contributed by atoms with E-state index in [0.29, 0.717) is 5.54 Å². The molecule has 0 aromatic heterocycles. The van der Waals surface area contributed by atoms with Gasteiger partial charge < -0.3 is 5.73 Å². The summed E-state index contributed by atoms with van der Waals surface area (Å²) in [6, 6.07) is 0. The van der Waals surface area contributed by atoms with E-state index >= 15 is 0 Å². The minimum Gasteiger partial charge on any atom is -0.329 e. The molecule has 3 rings (SSSR count). The molecule has 4 atom stereocenters. The molecule has 2 nitrogen and oxygen atoms in total. The molecule has 0 bridgehead atoms. The zero-order chi connectivity index (χ0) is 13.5. The van der Waals surface area contributed by atoms with Gasteiger partial charge in [0.1, 0.15) is 0 Å². The van der Waals surface area contributed by atoms with Gasteiger partial charge in [0.05, 0.1) is 0 Å². The van der Waals surface area contributed by atoms with Crippen LogP contribution in [0.4, 0.5) is 0 Å². The Hall–Kier alpha value is -0.0800. The molecule has 0 amide bonds. The van der Waals surface area contributed by atoms with Crippen LogP contribution in [0.15, 0.2) is 0 Å². The summed E-state index contributed by atoms with van der Waals surface area (Å²) in [6.07, 6.45) is 10.0. The molecule has 2 aliphatic carbocycles. The number of rotatable bonds is 3. The average molecular weight is 264 g/mol. The molecule has 0 radical (unpaired) electrons. The molecular weight excluding hydrogens is 232 g/mol. The Morgan fingerprint density at radius 3 is 2.32 bits per heavy atom. The van der Waals surface area contributed by atoms with Gasteiger partial charge in [-0.3, -0.25) is 4.90 Å². The Kier molecular flexibility index (Phi) is 3.92. The van der Waals surface area contributed by atoms with Gasteiger partial charge in [-0.05, 0) is 55.8 Å². The lowest BCUT2D eigenvalue weighted by molar-refractivity contribution is -0.0120. The smallest absolute Gasteiger partial charge is 0.0334 e. The molecule has 2 heteroatoms. The SMILES string of the molecule is CC1CC(C)CN(C2(CN)CCCC(C3CC3)C2)C1. The maximum atomic E-state index is 6.30. The first-order chi connectivity index (χ1) is 9.13. The minimum atomic E-state index is 0.356. The molecule has 0 spiro atoms. The lowest BCUT2D eigenvalue weighted by Crippen LogP contribution is -2.60. The summed E-state index contributed by atoms with van der Waals surface area (Å²) in [5.74, 6) is 3.76. The number of nitrogens with zero attached hydrogens (tertiary/aromatic N) is 1. The van der Waals surface area contributed by atoms with Crippen LogP contribution in [-0.2, 0) is 0 Å². The van der Waals surface area contributed by atoms with Crippen LogP contribution in [0.25, 0.3) is 0 Å². The minimum absolute atomic E-state index is 0.356. The normalized spacial score (nSPS) is 45.3. The second-order valence-electron chi connectivity index (χ2n) is 7.97. The number of nitrogens with two attached hydrogens (primary N) is 1. The highest BCUT2D eigenvalue weighted by Gasteiger charge is 2.45. The van der Waals surface area contributed by atoms with E-state index in [0.717, 1.165) is 30.2 Å². The third-order valence-electron chi connectivity index (χ3n) is 6.07. The van der Waals surface area contributed by atoms with E-state index in [4.69, 9.17) is 5.73 Å². The van der Waals surface area contributed by atoms with Crippen molar-refractivity contribution in [3.8, 4) is 0 Å². The van der Waals surface area contributed by atoms with Gasteiger partial charge in [0.2, 0.25) is 0 Å². The van der Waals surface area contributed by atoms with Crippen LogP contribution in [0, 0.1) is 23.7 Å². The standard InChI is InChI=1S/C17H32N2/c1-13-8-14(2)11-19(10-13)17(12-18)7-3-4-16(9-17)15-5-6-15/h13-16H,3-12,18H2,1-2H3. The molecule has 2 N–H and O–H groups in total. The molecule has 3 aliphatic rings. The molecule has 4 unspecified atom stereocenters. The van der Waals surface area contributed by atoms with Crippen LogP contribution < -0.4 is 5.73 Å². The van der Waals surface area contributed by atoms with Crippen LogP contribution in [0.2, 0.25) is 0 Å². The fraction of sp³-hybridized carbons (Fsp3) is 1.00. The van der Waals surface area contributed by atoms with Crippen LogP contribution in [-0.4, -0.2) is 30.1 Å². The second-order valence-corrected chi connectivity index (χ2v) is 7.97. The van der Waals surface area contributed by atoms with E-state index in [-0.39, 0.29) is 0 Å². The molecular formula is C17H32N2. The molecule has 19 heavy (non-hydrogen) atoms. The predicted molar refractivity (Wildman–Crippen MR) is 81.0 cm³/mol. The van der Waals surface area contributed by atoms with Crippen molar-refractivity contribution in [3.63, 3.8) is 0 Å². The van der Waals surface area contributed by atoms with Crippen molar-refractivity contribution in [1.29, 1.82) is 0 Å². The Bertz CT molecular complexity index is 302. The molecule has 110 valence electrons. The number of likely N-dealkylation sites (tertiary alicyclic amines) is 1. The summed E-state index contributed by atoms with van der Waals surface area (Å²) >= 11 is 0. The highest BCUT2D eigenvalue weighted by atomic mass is 15.2. The van der Waals surface area contributed by atoms with E-state index < -0.39 is 0 Å². The van der Waals surface area contributed by atoms with Crippen molar-refractivity contribution in [2.75, 3.05) is 19.6 Å². The van der Waals surface area contributed by atoms with Crippen LogP contribution in [0.1, 0.15) is 58.8 Å². The summed E-state index contributed by atoms with van der Waals surface area (Å²) < 4.78 is 0. The van der Waals surface area contributed by atoms with Crippen LogP contribution in [0.3, 0.4) is 0 Å². The van der Waals surface area contributed by atoms with Gasteiger partial charge in [-0.25, -0.2) is 0 Å². The van der Waals surface area contributed by atoms with Gasteiger partial charge >= 0.3 is 0 Å². The van der Waals surface area contributed by atoms with Crippen molar-refractivity contribution in [1.82, 2.24) is 4.90 Å². The molecule has 1 heterocycles. The third kappa shape index (κ3) is 2.85. The van der Waals surface area contributed by atoms with Crippen molar-refractivity contribution < 1.29 is 0 Å². The lowest BCUT2D eigenvalue weighted by atomic mass is 9.71. The number of piperidine rings is 1. The Balaban J connectivity index is 1.73.